The third kappa shape index (κ3) is 4.58. The molecule has 1 aromatic rings. The number of carbonyl (C=O) groups is 3. The van der Waals surface area contributed by atoms with Crippen molar-refractivity contribution in [2.45, 2.75) is 69.8 Å². The number of nitrogens with zero attached hydrogens (tertiary/aromatic N) is 2. The number of amides is 3. The van der Waals surface area contributed by atoms with Crippen LogP contribution >= 0.6 is 0 Å². The van der Waals surface area contributed by atoms with Crippen LogP contribution in [0.25, 0.3) is 0 Å². The number of ether oxygens (including phenoxy) is 1. The van der Waals surface area contributed by atoms with Crippen molar-refractivity contribution in [1.82, 2.24) is 20.4 Å². The molecule has 0 radical (unpaired) electrons. The van der Waals surface area contributed by atoms with Crippen LogP contribution in [0.1, 0.15) is 60.0 Å². The van der Waals surface area contributed by atoms with E-state index in [0.29, 0.717) is 30.7 Å². The normalized spacial score (nSPS) is 27.1. The molecule has 2 N–H and O–H groups in total. The highest BCUT2D eigenvalue weighted by Gasteiger charge is 2.39. The standard InChI is InChI=1S/C24H32N4O4/c29-22-6-5-21(23(30)26-22)28-15-17-12-16(3-4-20(17)24(28)31)14-27-9-7-18(8-10-27)25-13-19-2-1-11-32-19/h3-4,12,18-19,21,25H,1-2,5-11,13-15H2,(H,26,29,30). The maximum Gasteiger partial charge on any atom is 0.255 e. The number of likely N-dealkylation sites (tertiary alicyclic amines) is 1. The highest BCUT2D eigenvalue weighted by molar-refractivity contribution is 6.05. The van der Waals surface area contributed by atoms with Gasteiger partial charge in [-0.1, -0.05) is 12.1 Å². The minimum Gasteiger partial charge on any atom is -0.377 e. The molecule has 1 aromatic carbocycles. The van der Waals surface area contributed by atoms with Gasteiger partial charge < -0.3 is 15.0 Å². The van der Waals surface area contributed by atoms with Crippen LogP contribution in [0.2, 0.25) is 0 Å². The van der Waals surface area contributed by atoms with Crippen molar-refractivity contribution in [1.29, 1.82) is 0 Å². The average Bonchev–Trinajstić information content (AvgIpc) is 3.41. The summed E-state index contributed by atoms with van der Waals surface area (Å²) in [6.45, 7) is 5.29. The summed E-state index contributed by atoms with van der Waals surface area (Å²) in [6, 6.07) is 6.05. The topological polar surface area (TPSA) is 91.0 Å². The van der Waals surface area contributed by atoms with Gasteiger partial charge in [0.05, 0.1) is 6.10 Å². The molecule has 3 amide bonds. The molecular formula is C24H32N4O4. The summed E-state index contributed by atoms with van der Waals surface area (Å²) >= 11 is 0. The summed E-state index contributed by atoms with van der Waals surface area (Å²) in [6.07, 6.45) is 5.70. The van der Waals surface area contributed by atoms with Gasteiger partial charge in [0.15, 0.2) is 0 Å². The lowest BCUT2D eigenvalue weighted by molar-refractivity contribution is -0.136. The van der Waals surface area contributed by atoms with Gasteiger partial charge in [-0.2, -0.15) is 0 Å². The summed E-state index contributed by atoms with van der Waals surface area (Å²) in [5, 5.41) is 6.04. The predicted octanol–water partition coefficient (Wildman–Crippen LogP) is 1.18. The second-order valence-electron chi connectivity index (χ2n) is 9.49. The molecule has 32 heavy (non-hydrogen) atoms. The molecule has 172 valence electrons. The fraction of sp³-hybridized carbons (Fsp3) is 0.625. The minimum absolute atomic E-state index is 0.112. The Morgan fingerprint density at radius 1 is 1.09 bits per heavy atom. The Bertz CT molecular complexity index is 890. The van der Waals surface area contributed by atoms with Crippen LogP contribution in [0.3, 0.4) is 0 Å². The van der Waals surface area contributed by atoms with Crippen LogP contribution in [0, 0.1) is 0 Å². The third-order valence-electron chi connectivity index (χ3n) is 7.24. The van der Waals surface area contributed by atoms with Crippen LogP contribution in [0.15, 0.2) is 18.2 Å². The Morgan fingerprint density at radius 2 is 1.94 bits per heavy atom. The van der Waals surface area contributed by atoms with Crippen LogP contribution in [-0.4, -0.2) is 72.0 Å². The Hall–Kier alpha value is -2.29. The highest BCUT2D eigenvalue weighted by atomic mass is 16.5. The van der Waals surface area contributed by atoms with Crippen molar-refractivity contribution in [3.63, 3.8) is 0 Å². The maximum absolute atomic E-state index is 12.9. The van der Waals surface area contributed by atoms with E-state index in [1.807, 2.05) is 12.1 Å². The van der Waals surface area contributed by atoms with Gasteiger partial charge in [0.1, 0.15) is 6.04 Å². The van der Waals surface area contributed by atoms with Gasteiger partial charge in [-0.15, -0.1) is 0 Å². The van der Waals surface area contributed by atoms with E-state index in [2.05, 4.69) is 21.6 Å². The lowest BCUT2D eigenvalue weighted by Gasteiger charge is -2.33. The summed E-state index contributed by atoms with van der Waals surface area (Å²) in [7, 11) is 0. The Labute approximate surface area is 188 Å². The van der Waals surface area contributed by atoms with Crippen molar-refractivity contribution in [2.24, 2.45) is 0 Å². The Morgan fingerprint density at radius 3 is 2.69 bits per heavy atom. The van der Waals surface area contributed by atoms with Crippen LogP contribution < -0.4 is 10.6 Å². The molecule has 0 saturated carbocycles. The summed E-state index contributed by atoms with van der Waals surface area (Å²) in [5.41, 5.74) is 2.85. The van der Waals surface area contributed by atoms with Crippen molar-refractivity contribution < 1.29 is 19.1 Å². The van der Waals surface area contributed by atoms with E-state index in [4.69, 9.17) is 4.74 Å². The third-order valence-corrected chi connectivity index (χ3v) is 7.24. The first-order valence-corrected chi connectivity index (χ1v) is 11.9. The lowest BCUT2D eigenvalue weighted by Crippen LogP contribution is -2.52. The van der Waals surface area contributed by atoms with Crippen molar-refractivity contribution in [2.75, 3.05) is 26.2 Å². The van der Waals surface area contributed by atoms with Crippen LogP contribution in [0.4, 0.5) is 0 Å². The van der Waals surface area contributed by atoms with E-state index >= 15 is 0 Å². The van der Waals surface area contributed by atoms with Crippen molar-refractivity contribution in [3.8, 4) is 0 Å². The van der Waals surface area contributed by atoms with Gasteiger partial charge in [-0.3, -0.25) is 24.6 Å². The number of hydrogen-bond donors (Lipinski definition) is 2. The largest absolute Gasteiger partial charge is 0.377 e. The summed E-state index contributed by atoms with van der Waals surface area (Å²) in [4.78, 5) is 40.6. The zero-order valence-corrected chi connectivity index (χ0v) is 18.5. The zero-order valence-electron chi connectivity index (χ0n) is 18.5. The summed E-state index contributed by atoms with van der Waals surface area (Å²) < 4.78 is 5.71. The molecule has 4 aliphatic heterocycles. The second-order valence-corrected chi connectivity index (χ2v) is 9.49. The molecule has 2 atom stereocenters. The molecule has 3 fully saturated rings. The minimum atomic E-state index is -0.558. The van der Waals surface area contributed by atoms with Crippen LogP contribution in [0.5, 0.6) is 0 Å². The SMILES string of the molecule is O=C1CCC(N2Cc3cc(CN4CCC(NCC5CCCO5)CC4)ccc3C2=O)C(=O)N1. The summed E-state index contributed by atoms with van der Waals surface area (Å²) in [5.74, 6) is -0.735. The molecule has 2 unspecified atom stereocenters. The van der Waals surface area contributed by atoms with Gasteiger partial charge in [-0.05, 0) is 62.4 Å². The number of nitrogens with one attached hydrogen (secondary N) is 2. The number of piperidine rings is 2. The molecule has 0 aliphatic carbocycles. The maximum atomic E-state index is 12.9. The van der Waals surface area contributed by atoms with E-state index in [1.54, 1.807) is 4.90 Å². The molecule has 4 aliphatic rings. The molecule has 4 heterocycles. The smallest absolute Gasteiger partial charge is 0.255 e. The van der Waals surface area contributed by atoms with E-state index < -0.39 is 6.04 Å². The average molecular weight is 441 g/mol. The molecular weight excluding hydrogens is 408 g/mol. The monoisotopic (exact) mass is 440 g/mol. The number of carbonyl (C=O) groups excluding carboxylic acids is 3. The van der Waals surface area contributed by atoms with E-state index in [9.17, 15) is 14.4 Å². The van der Waals surface area contributed by atoms with Gasteiger partial charge in [0, 0.05) is 44.3 Å². The number of benzene rings is 1. The Kier molecular flexibility index (Phi) is 6.26. The van der Waals surface area contributed by atoms with Gasteiger partial charge >= 0.3 is 0 Å². The van der Waals surface area contributed by atoms with E-state index in [1.165, 1.54) is 18.4 Å². The predicted molar refractivity (Wildman–Crippen MR) is 118 cm³/mol. The molecule has 0 aromatic heterocycles. The van der Waals surface area contributed by atoms with Gasteiger partial charge in [0.2, 0.25) is 11.8 Å². The first-order valence-electron chi connectivity index (χ1n) is 11.9. The number of fused-ring (bicyclic) bond motifs is 1. The lowest BCUT2D eigenvalue weighted by atomic mass is 10.0. The fourth-order valence-electron chi connectivity index (χ4n) is 5.38. The molecule has 0 bridgehead atoms. The first-order chi connectivity index (χ1) is 15.6. The molecule has 5 rings (SSSR count). The van der Waals surface area contributed by atoms with Crippen LogP contribution in [-0.2, 0) is 27.4 Å². The first kappa shape index (κ1) is 21.6. The van der Waals surface area contributed by atoms with E-state index in [-0.39, 0.29) is 24.1 Å². The Balaban J connectivity index is 1.14. The van der Waals surface area contributed by atoms with E-state index in [0.717, 1.165) is 51.2 Å². The van der Waals surface area contributed by atoms with Gasteiger partial charge in [-0.25, -0.2) is 0 Å². The molecule has 8 heteroatoms. The second kappa shape index (κ2) is 9.29. The number of hydrogen-bond acceptors (Lipinski definition) is 6. The quantitative estimate of drug-likeness (QED) is 0.646. The van der Waals surface area contributed by atoms with Crippen molar-refractivity contribution in [3.05, 3.63) is 34.9 Å². The molecule has 0 spiro atoms. The zero-order chi connectivity index (χ0) is 22.1. The highest BCUT2D eigenvalue weighted by Crippen LogP contribution is 2.29. The van der Waals surface area contributed by atoms with Gasteiger partial charge in [0.25, 0.3) is 5.91 Å². The number of rotatable bonds is 6. The molecule has 8 nitrogen and oxygen atoms in total. The number of imide groups is 1. The fourth-order valence-corrected chi connectivity index (χ4v) is 5.38. The molecule has 3 saturated heterocycles. The van der Waals surface area contributed by atoms with Crippen molar-refractivity contribution >= 4 is 17.7 Å².